The molecular weight excluding hydrogens is 481 g/mol. The van der Waals surface area contributed by atoms with Gasteiger partial charge in [-0.1, -0.05) is 54.0 Å². The van der Waals surface area contributed by atoms with Gasteiger partial charge in [-0.2, -0.15) is 0 Å². The molecule has 0 aliphatic rings. The lowest BCUT2D eigenvalue weighted by Crippen LogP contribution is -2.26. The minimum Gasteiger partial charge on any atom is -0.448 e. The Bertz CT molecular complexity index is 918. The highest BCUT2D eigenvalue weighted by molar-refractivity contribution is 8.21. The van der Waals surface area contributed by atoms with Crippen LogP contribution >= 0.6 is 41.7 Å². The van der Waals surface area contributed by atoms with Crippen molar-refractivity contribution >= 4 is 70.4 Å². The Kier molecular flexibility index (Phi) is 10.3. The molecule has 162 valence electrons. The van der Waals surface area contributed by atoms with E-state index in [1.54, 1.807) is 13.0 Å². The number of benzene rings is 2. The maximum Gasteiger partial charge on any atom is 0.434 e. The lowest BCUT2D eigenvalue weighted by atomic mass is 10.3. The molecule has 0 spiro atoms. The molecule has 2 aromatic carbocycles. The third kappa shape index (κ3) is 7.39. The Morgan fingerprint density at radius 3 is 2.53 bits per heavy atom. The van der Waals surface area contributed by atoms with Crippen LogP contribution in [-0.2, 0) is 16.6 Å². The molecule has 0 saturated heterocycles. The Balaban J connectivity index is 2.19. The summed E-state index contributed by atoms with van der Waals surface area (Å²) in [6.45, 7) is 3.74. The van der Waals surface area contributed by atoms with E-state index in [2.05, 4.69) is 10.5 Å². The Hall–Kier alpha value is -1.38. The summed E-state index contributed by atoms with van der Waals surface area (Å²) >= 11 is 15.2. The predicted octanol–water partition coefficient (Wildman–Crippen LogP) is 6.58. The molecule has 0 aliphatic carbocycles. The lowest BCUT2D eigenvalue weighted by Gasteiger charge is -2.35. The van der Waals surface area contributed by atoms with Gasteiger partial charge in [0.15, 0.2) is 0 Å². The van der Waals surface area contributed by atoms with Gasteiger partial charge in [0, 0.05) is 6.16 Å². The summed E-state index contributed by atoms with van der Waals surface area (Å²) in [7, 11) is 0. The topological polar surface area (TPSA) is 63.2 Å². The predicted molar refractivity (Wildman–Crippen MR) is 135 cm³/mol. The second-order valence-corrected chi connectivity index (χ2v) is 12.5. The number of hydrogen-bond donors (Lipinski definition) is 1. The quantitative estimate of drug-likeness (QED) is 0.0788. The molecule has 0 aliphatic heterocycles. The second-order valence-electron chi connectivity index (χ2n) is 5.73. The minimum absolute atomic E-state index is 0.203. The van der Waals surface area contributed by atoms with Crippen molar-refractivity contribution in [1.82, 2.24) is 5.32 Å². The van der Waals surface area contributed by atoms with Crippen LogP contribution in [0.3, 0.4) is 0 Å². The van der Waals surface area contributed by atoms with Gasteiger partial charge in [-0.05, 0) is 61.2 Å². The van der Waals surface area contributed by atoms with Gasteiger partial charge < -0.3 is 9.84 Å². The van der Waals surface area contributed by atoms with Gasteiger partial charge in [0.1, 0.15) is 10.8 Å². The number of para-hydroxylation sites is 2. The average molecular weight is 504 g/mol. The largest absolute Gasteiger partial charge is 0.448 e. The second kappa shape index (κ2) is 12.5. The van der Waals surface area contributed by atoms with E-state index < -0.39 is 12.5 Å². The SMILES string of the molecule is CCP(=S)(Oc1ccccc1)N(SCNC(=O)O/N=C(\C)SC)c1ccccc1Cl. The van der Waals surface area contributed by atoms with Crippen LogP contribution < -0.4 is 13.9 Å². The summed E-state index contributed by atoms with van der Waals surface area (Å²) in [5.41, 5.74) is 0.733. The molecule has 1 unspecified atom stereocenters. The number of anilines is 1. The third-order valence-corrected chi connectivity index (χ3v) is 10.4. The van der Waals surface area contributed by atoms with E-state index in [4.69, 9.17) is 32.8 Å². The van der Waals surface area contributed by atoms with Gasteiger partial charge in [-0.15, -0.1) is 11.8 Å². The maximum absolute atomic E-state index is 11.9. The molecule has 0 radical (unpaired) electrons. The molecule has 0 fully saturated rings. The van der Waals surface area contributed by atoms with E-state index in [1.807, 2.05) is 65.8 Å². The number of carbonyl (C=O) groups excluding carboxylic acids is 1. The zero-order valence-corrected chi connectivity index (χ0v) is 20.9. The van der Waals surface area contributed by atoms with Crippen LogP contribution in [0.2, 0.25) is 5.02 Å². The van der Waals surface area contributed by atoms with Crippen molar-refractivity contribution in [1.29, 1.82) is 0 Å². The van der Waals surface area contributed by atoms with Crippen molar-refractivity contribution in [2.75, 3.05) is 22.4 Å². The number of hydrogen-bond acceptors (Lipinski definition) is 7. The number of nitrogens with one attached hydrogen (secondary N) is 1. The Labute approximate surface area is 196 Å². The molecule has 1 N–H and O–H groups in total. The van der Waals surface area contributed by atoms with Crippen molar-refractivity contribution in [2.45, 2.75) is 13.8 Å². The molecule has 0 saturated carbocycles. The van der Waals surface area contributed by atoms with Gasteiger partial charge in [-0.3, -0.25) is 8.91 Å². The van der Waals surface area contributed by atoms with Crippen molar-refractivity contribution in [2.24, 2.45) is 5.16 Å². The minimum atomic E-state index is -2.55. The lowest BCUT2D eigenvalue weighted by molar-refractivity contribution is 0.153. The number of rotatable bonds is 9. The average Bonchev–Trinajstić information content (AvgIpc) is 2.76. The number of oxime groups is 1. The smallest absolute Gasteiger partial charge is 0.434 e. The van der Waals surface area contributed by atoms with Gasteiger partial charge >= 0.3 is 6.09 Å². The van der Waals surface area contributed by atoms with Crippen molar-refractivity contribution in [3.63, 3.8) is 0 Å². The monoisotopic (exact) mass is 503 g/mol. The summed E-state index contributed by atoms with van der Waals surface area (Å²) in [5.74, 6) is 0.892. The summed E-state index contributed by atoms with van der Waals surface area (Å²) in [6.07, 6.45) is -0.761. The van der Waals surface area contributed by atoms with Crippen LogP contribution in [0.25, 0.3) is 0 Å². The first kappa shape index (κ1) is 24.9. The normalized spacial score (nSPS) is 13.3. The first-order valence-electron chi connectivity index (χ1n) is 8.94. The van der Waals surface area contributed by atoms with Crippen molar-refractivity contribution in [3.8, 4) is 5.75 Å². The van der Waals surface area contributed by atoms with Gasteiger partial charge in [0.25, 0.3) is 0 Å². The van der Waals surface area contributed by atoms with Gasteiger partial charge in [-0.25, -0.2) is 4.79 Å². The Morgan fingerprint density at radius 1 is 1.23 bits per heavy atom. The molecule has 2 aromatic rings. The maximum atomic E-state index is 11.9. The molecule has 11 heteroatoms. The van der Waals surface area contributed by atoms with Gasteiger partial charge in [0.05, 0.1) is 16.6 Å². The molecule has 1 atom stereocenters. The summed E-state index contributed by atoms with van der Waals surface area (Å²) in [5, 5.41) is 7.57. The van der Waals surface area contributed by atoms with Crippen LogP contribution in [0.1, 0.15) is 13.8 Å². The van der Waals surface area contributed by atoms with Crippen LogP contribution in [0, 0.1) is 0 Å². The number of carbonyl (C=O) groups is 1. The molecule has 2 rings (SSSR count). The number of halogens is 1. The van der Waals surface area contributed by atoms with E-state index in [1.165, 1.54) is 23.7 Å². The van der Waals surface area contributed by atoms with Crippen molar-refractivity contribution < 1.29 is 14.2 Å². The zero-order valence-electron chi connectivity index (χ0n) is 16.8. The van der Waals surface area contributed by atoms with E-state index in [9.17, 15) is 4.79 Å². The van der Waals surface area contributed by atoms with E-state index in [0.717, 1.165) is 5.69 Å². The zero-order chi connectivity index (χ0) is 22.0. The number of nitrogens with zero attached hydrogens (tertiary/aromatic N) is 2. The fourth-order valence-corrected chi connectivity index (χ4v) is 6.86. The third-order valence-electron chi connectivity index (χ3n) is 3.68. The van der Waals surface area contributed by atoms with Crippen LogP contribution in [0.4, 0.5) is 10.5 Å². The molecule has 1 amide bonds. The van der Waals surface area contributed by atoms with E-state index in [-0.39, 0.29) is 5.88 Å². The fraction of sp³-hybridized carbons (Fsp3) is 0.263. The molecule has 30 heavy (non-hydrogen) atoms. The molecular formula is C19H23ClN3O3PS3. The van der Waals surface area contributed by atoms with Crippen molar-refractivity contribution in [3.05, 3.63) is 59.6 Å². The number of amides is 1. The summed E-state index contributed by atoms with van der Waals surface area (Å²) in [6, 6.07) is 16.9. The van der Waals surface area contributed by atoms with Gasteiger partial charge in [0.2, 0.25) is 6.42 Å². The summed E-state index contributed by atoms with van der Waals surface area (Å²) < 4.78 is 8.17. The fourth-order valence-electron chi connectivity index (χ4n) is 2.13. The van der Waals surface area contributed by atoms with E-state index in [0.29, 0.717) is 22.0 Å². The highest BCUT2D eigenvalue weighted by Gasteiger charge is 2.29. The first-order valence-corrected chi connectivity index (χ1v) is 14.3. The van der Waals surface area contributed by atoms with Crippen LogP contribution in [0.5, 0.6) is 5.75 Å². The molecule has 6 nitrogen and oxygen atoms in total. The molecule has 0 heterocycles. The molecule has 0 bridgehead atoms. The summed E-state index contributed by atoms with van der Waals surface area (Å²) in [4.78, 5) is 16.7. The van der Waals surface area contributed by atoms with Crippen LogP contribution in [-0.4, -0.2) is 29.4 Å². The van der Waals surface area contributed by atoms with Crippen LogP contribution in [0.15, 0.2) is 59.8 Å². The standard InChI is InChI=1S/C19H23ClN3O3PS3/c1-4-27(28,26-16-10-6-5-7-11-16)23(18-13-9-8-12-17(18)20)30-14-21-19(24)25-22-15(2)29-3/h5-13H,4,14H2,1-3H3,(H,21,24)/b22-15+. The highest BCUT2D eigenvalue weighted by Crippen LogP contribution is 2.57. The first-order chi connectivity index (χ1) is 14.4. The number of thioether (sulfide) groups is 1. The molecule has 0 aromatic heterocycles. The Morgan fingerprint density at radius 2 is 1.90 bits per heavy atom. The highest BCUT2D eigenvalue weighted by atomic mass is 35.5. The van der Waals surface area contributed by atoms with E-state index >= 15 is 0 Å².